The van der Waals surface area contributed by atoms with Gasteiger partial charge < -0.3 is 10.7 Å². The van der Waals surface area contributed by atoms with Crippen LogP contribution < -0.4 is 5.73 Å². The normalized spacial score (nSPS) is 13.3. The molecular weight excluding hydrogens is 194 g/mol. The lowest BCUT2D eigenvalue weighted by atomic mass is 10.3. The SMILES string of the molecule is NCC(S)Cc1nc2ccccc2[nH]1. The predicted octanol–water partition coefficient (Wildman–Crippen LogP) is 1.36. The number of nitrogens with zero attached hydrogens (tertiary/aromatic N) is 1. The maximum Gasteiger partial charge on any atom is 0.108 e. The quantitative estimate of drug-likeness (QED) is 0.666. The predicted molar refractivity (Wildman–Crippen MR) is 61.6 cm³/mol. The third-order valence-electron chi connectivity index (χ3n) is 2.14. The number of thiol groups is 1. The summed E-state index contributed by atoms with van der Waals surface area (Å²) in [5, 5.41) is 0.176. The van der Waals surface area contributed by atoms with Crippen LogP contribution in [0.2, 0.25) is 0 Å². The van der Waals surface area contributed by atoms with E-state index in [2.05, 4.69) is 22.6 Å². The molecule has 1 atom stereocenters. The number of H-pyrrole nitrogens is 1. The molecule has 0 spiro atoms. The molecule has 0 aliphatic heterocycles. The molecule has 3 N–H and O–H groups in total. The van der Waals surface area contributed by atoms with Crippen molar-refractivity contribution < 1.29 is 0 Å². The topological polar surface area (TPSA) is 54.7 Å². The molecule has 2 rings (SSSR count). The van der Waals surface area contributed by atoms with Gasteiger partial charge in [0.15, 0.2) is 0 Å². The summed E-state index contributed by atoms with van der Waals surface area (Å²) in [4.78, 5) is 7.69. The first kappa shape index (κ1) is 9.55. The van der Waals surface area contributed by atoms with Crippen LogP contribution in [0.3, 0.4) is 0 Å². The number of aromatic nitrogens is 2. The van der Waals surface area contributed by atoms with Crippen LogP contribution in [-0.4, -0.2) is 21.8 Å². The van der Waals surface area contributed by atoms with Gasteiger partial charge in [0.05, 0.1) is 11.0 Å². The number of rotatable bonds is 3. The molecule has 0 saturated heterocycles. The molecule has 0 radical (unpaired) electrons. The van der Waals surface area contributed by atoms with Gasteiger partial charge in [0.2, 0.25) is 0 Å². The van der Waals surface area contributed by atoms with Gasteiger partial charge in [0.1, 0.15) is 5.82 Å². The molecule has 4 heteroatoms. The van der Waals surface area contributed by atoms with Crippen molar-refractivity contribution in [3.63, 3.8) is 0 Å². The lowest BCUT2D eigenvalue weighted by molar-refractivity contribution is 0.820. The van der Waals surface area contributed by atoms with Crippen LogP contribution in [-0.2, 0) is 6.42 Å². The van der Waals surface area contributed by atoms with Gasteiger partial charge in [-0.3, -0.25) is 0 Å². The molecule has 14 heavy (non-hydrogen) atoms. The van der Waals surface area contributed by atoms with E-state index in [1.807, 2.05) is 24.3 Å². The molecule has 1 heterocycles. The van der Waals surface area contributed by atoms with E-state index in [0.29, 0.717) is 6.54 Å². The Hall–Kier alpha value is -1.00. The van der Waals surface area contributed by atoms with Crippen molar-refractivity contribution in [3.05, 3.63) is 30.1 Å². The zero-order chi connectivity index (χ0) is 9.97. The molecule has 1 unspecified atom stereocenters. The Balaban J connectivity index is 2.27. The number of para-hydroxylation sites is 2. The molecule has 0 bridgehead atoms. The Morgan fingerprint density at radius 3 is 2.93 bits per heavy atom. The molecular formula is C10H13N3S. The van der Waals surface area contributed by atoms with Gasteiger partial charge in [-0.2, -0.15) is 12.6 Å². The fourth-order valence-electron chi connectivity index (χ4n) is 1.41. The van der Waals surface area contributed by atoms with Gasteiger partial charge in [-0.15, -0.1) is 0 Å². The van der Waals surface area contributed by atoms with Crippen LogP contribution in [0.5, 0.6) is 0 Å². The summed E-state index contributed by atoms with van der Waals surface area (Å²) in [6, 6.07) is 7.98. The second-order valence-corrected chi connectivity index (χ2v) is 4.02. The molecule has 0 aliphatic rings. The number of aromatic amines is 1. The fraction of sp³-hybridized carbons (Fsp3) is 0.300. The van der Waals surface area contributed by atoms with Gasteiger partial charge in [0, 0.05) is 18.2 Å². The lowest BCUT2D eigenvalue weighted by Gasteiger charge is -2.02. The van der Waals surface area contributed by atoms with Crippen molar-refractivity contribution in [2.24, 2.45) is 5.73 Å². The lowest BCUT2D eigenvalue weighted by Crippen LogP contribution is -2.17. The van der Waals surface area contributed by atoms with Crippen molar-refractivity contribution in [3.8, 4) is 0 Å². The molecule has 0 saturated carbocycles. The molecule has 0 fully saturated rings. The fourth-order valence-corrected chi connectivity index (χ4v) is 1.58. The van der Waals surface area contributed by atoms with Crippen LogP contribution in [0.25, 0.3) is 11.0 Å². The van der Waals surface area contributed by atoms with E-state index in [9.17, 15) is 0 Å². The molecule has 1 aromatic heterocycles. The van der Waals surface area contributed by atoms with Crippen LogP contribution in [0.1, 0.15) is 5.82 Å². The Morgan fingerprint density at radius 1 is 1.43 bits per heavy atom. The van der Waals surface area contributed by atoms with Crippen LogP contribution in [0.15, 0.2) is 24.3 Å². The number of hydrogen-bond acceptors (Lipinski definition) is 3. The minimum absolute atomic E-state index is 0.176. The number of imidazole rings is 1. The highest BCUT2D eigenvalue weighted by Crippen LogP contribution is 2.12. The highest BCUT2D eigenvalue weighted by Gasteiger charge is 2.06. The number of benzene rings is 1. The summed E-state index contributed by atoms with van der Waals surface area (Å²) in [7, 11) is 0. The maximum absolute atomic E-state index is 5.50. The van der Waals surface area contributed by atoms with Crippen molar-refractivity contribution in [2.45, 2.75) is 11.7 Å². The number of nitrogens with one attached hydrogen (secondary N) is 1. The third-order valence-corrected chi connectivity index (χ3v) is 2.53. The summed E-state index contributed by atoms with van der Waals surface area (Å²) in [6.45, 7) is 0.570. The van der Waals surface area contributed by atoms with E-state index in [0.717, 1.165) is 23.3 Å². The largest absolute Gasteiger partial charge is 0.342 e. The minimum atomic E-state index is 0.176. The maximum atomic E-state index is 5.50. The van der Waals surface area contributed by atoms with E-state index in [1.54, 1.807) is 0 Å². The number of nitrogens with two attached hydrogens (primary N) is 1. The first-order valence-electron chi connectivity index (χ1n) is 4.61. The highest BCUT2D eigenvalue weighted by molar-refractivity contribution is 7.81. The summed E-state index contributed by atoms with van der Waals surface area (Å²) < 4.78 is 0. The summed E-state index contributed by atoms with van der Waals surface area (Å²) in [6.07, 6.45) is 0.786. The van der Waals surface area contributed by atoms with E-state index in [-0.39, 0.29) is 5.25 Å². The van der Waals surface area contributed by atoms with Crippen LogP contribution >= 0.6 is 12.6 Å². The molecule has 74 valence electrons. The van der Waals surface area contributed by atoms with Crippen molar-refractivity contribution >= 4 is 23.7 Å². The van der Waals surface area contributed by atoms with E-state index in [4.69, 9.17) is 5.73 Å². The number of hydrogen-bond donors (Lipinski definition) is 3. The Bertz CT molecular complexity index is 391. The van der Waals surface area contributed by atoms with E-state index >= 15 is 0 Å². The van der Waals surface area contributed by atoms with Gasteiger partial charge in [-0.25, -0.2) is 4.98 Å². The van der Waals surface area contributed by atoms with Crippen molar-refractivity contribution in [2.75, 3.05) is 6.54 Å². The zero-order valence-corrected chi connectivity index (χ0v) is 8.67. The smallest absolute Gasteiger partial charge is 0.108 e. The Morgan fingerprint density at radius 2 is 2.21 bits per heavy atom. The van der Waals surface area contributed by atoms with E-state index < -0.39 is 0 Å². The first-order valence-corrected chi connectivity index (χ1v) is 5.13. The van der Waals surface area contributed by atoms with Crippen molar-refractivity contribution in [1.82, 2.24) is 9.97 Å². The summed E-state index contributed by atoms with van der Waals surface area (Å²) >= 11 is 4.34. The van der Waals surface area contributed by atoms with Crippen LogP contribution in [0.4, 0.5) is 0 Å². The van der Waals surface area contributed by atoms with Gasteiger partial charge in [-0.1, -0.05) is 12.1 Å². The summed E-state index contributed by atoms with van der Waals surface area (Å²) in [5.74, 6) is 0.955. The standard InChI is InChI=1S/C10H13N3S/c11-6-7(14)5-10-12-8-3-1-2-4-9(8)13-10/h1-4,7,14H,5-6,11H2,(H,12,13). The molecule has 1 aromatic carbocycles. The molecule has 3 nitrogen and oxygen atoms in total. The monoisotopic (exact) mass is 207 g/mol. The van der Waals surface area contributed by atoms with Crippen molar-refractivity contribution in [1.29, 1.82) is 0 Å². The summed E-state index contributed by atoms with van der Waals surface area (Å²) in [5.41, 5.74) is 7.57. The second kappa shape index (κ2) is 4.02. The first-order chi connectivity index (χ1) is 6.79. The molecule has 0 amide bonds. The molecule has 0 aliphatic carbocycles. The third kappa shape index (κ3) is 1.91. The number of fused-ring (bicyclic) bond motifs is 1. The second-order valence-electron chi connectivity index (χ2n) is 3.29. The van der Waals surface area contributed by atoms with Gasteiger partial charge in [0.25, 0.3) is 0 Å². The van der Waals surface area contributed by atoms with Gasteiger partial charge in [-0.05, 0) is 12.1 Å². The highest BCUT2D eigenvalue weighted by atomic mass is 32.1. The Kier molecular flexibility index (Phi) is 2.74. The molecule has 2 aromatic rings. The average Bonchev–Trinajstić information content (AvgIpc) is 2.59. The zero-order valence-electron chi connectivity index (χ0n) is 7.77. The minimum Gasteiger partial charge on any atom is -0.342 e. The average molecular weight is 207 g/mol. The van der Waals surface area contributed by atoms with Crippen LogP contribution in [0, 0.1) is 0 Å². The van der Waals surface area contributed by atoms with E-state index in [1.165, 1.54) is 0 Å². The van der Waals surface area contributed by atoms with Gasteiger partial charge >= 0.3 is 0 Å². The Labute approximate surface area is 88.1 Å².